The van der Waals surface area contributed by atoms with Gasteiger partial charge in [0.25, 0.3) is 0 Å². The number of aliphatic hydroxyl groups is 1. The molecular formula is C12H16N2O4S. The fraction of sp³-hybridized carbons (Fsp3) is 0.417. The third-order valence-electron chi connectivity index (χ3n) is 3.08. The molecule has 104 valence electrons. The van der Waals surface area contributed by atoms with E-state index in [0.717, 1.165) is 0 Å². The quantitative estimate of drug-likeness (QED) is 0.901. The van der Waals surface area contributed by atoms with E-state index >= 15 is 0 Å². The zero-order valence-corrected chi connectivity index (χ0v) is 11.8. The molecule has 0 spiro atoms. The van der Waals surface area contributed by atoms with Crippen molar-refractivity contribution < 1.29 is 18.3 Å². The number of pyridine rings is 1. The van der Waals surface area contributed by atoms with E-state index < -0.39 is 21.2 Å². The molecule has 0 amide bonds. The molecule has 0 aliphatic rings. The molecule has 0 bridgehead atoms. The Hall–Kier alpha value is -1.60. The second-order valence-electron chi connectivity index (χ2n) is 4.82. The van der Waals surface area contributed by atoms with Gasteiger partial charge < -0.3 is 14.2 Å². The summed E-state index contributed by atoms with van der Waals surface area (Å²) < 4.78 is 30.6. The van der Waals surface area contributed by atoms with Crippen LogP contribution >= 0.6 is 0 Å². The van der Waals surface area contributed by atoms with Crippen LogP contribution < -0.4 is 4.74 Å². The van der Waals surface area contributed by atoms with Crippen LogP contribution in [0.4, 0.5) is 0 Å². The molecule has 0 fully saturated rings. The number of aliphatic hydroxyl groups excluding tert-OH is 1. The van der Waals surface area contributed by atoms with Crippen molar-refractivity contribution in [2.24, 2.45) is 0 Å². The average molecular weight is 284 g/mol. The molecule has 0 aromatic carbocycles. The summed E-state index contributed by atoms with van der Waals surface area (Å²) in [5, 5.41) is 9.29. The number of rotatable bonds is 4. The number of hydrogen-bond acceptors (Lipinski definition) is 5. The van der Waals surface area contributed by atoms with Crippen molar-refractivity contribution in [3.63, 3.8) is 0 Å². The lowest BCUT2D eigenvalue weighted by molar-refractivity contribution is 0.258. The van der Waals surface area contributed by atoms with Crippen LogP contribution in [0.5, 0.6) is 5.75 Å². The lowest BCUT2D eigenvalue weighted by Gasteiger charge is -2.23. The number of sulfone groups is 1. The molecule has 1 N–H and O–H groups in total. The van der Waals surface area contributed by atoms with E-state index in [1.807, 2.05) is 0 Å². The minimum atomic E-state index is -3.72. The first kappa shape index (κ1) is 13.8. The highest BCUT2D eigenvalue weighted by Gasteiger charge is 2.37. The largest absolute Gasteiger partial charge is 0.495 e. The van der Waals surface area contributed by atoms with Crippen LogP contribution in [-0.4, -0.2) is 41.4 Å². The van der Waals surface area contributed by atoms with E-state index in [0.29, 0.717) is 5.65 Å². The molecule has 2 rings (SSSR count). The van der Waals surface area contributed by atoms with Crippen LogP contribution in [-0.2, 0) is 9.84 Å². The molecule has 0 aliphatic heterocycles. The van der Waals surface area contributed by atoms with Crippen molar-refractivity contribution in [3.05, 3.63) is 24.7 Å². The van der Waals surface area contributed by atoms with Crippen LogP contribution in [0, 0.1) is 0 Å². The van der Waals surface area contributed by atoms with Gasteiger partial charge in [-0.1, -0.05) is 0 Å². The van der Waals surface area contributed by atoms with Gasteiger partial charge in [0.1, 0.15) is 16.3 Å². The van der Waals surface area contributed by atoms with E-state index in [1.165, 1.54) is 27.2 Å². The molecule has 2 aromatic heterocycles. The van der Waals surface area contributed by atoms with Crippen molar-refractivity contribution in [2.45, 2.75) is 23.5 Å². The number of nitrogens with zero attached hydrogens (tertiary/aromatic N) is 2. The standard InChI is InChI=1S/C12H16N2O4S/c1-12(2,8-15)19(16,17)10-7-14-5-4-13-11(14)6-9(10)18-3/h4-7,15H,8H2,1-3H3. The number of methoxy groups -OCH3 is 1. The number of ether oxygens (including phenoxy) is 1. The predicted molar refractivity (Wildman–Crippen MR) is 70.1 cm³/mol. The summed E-state index contributed by atoms with van der Waals surface area (Å²) in [4.78, 5) is 4.11. The monoisotopic (exact) mass is 284 g/mol. The van der Waals surface area contributed by atoms with E-state index in [1.54, 1.807) is 22.9 Å². The fourth-order valence-corrected chi connectivity index (χ4v) is 3.09. The number of imidazole rings is 1. The number of fused-ring (bicyclic) bond motifs is 1. The maximum atomic E-state index is 12.6. The smallest absolute Gasteiger partial charge is 0.190 e. The Bertz CT molecular complexity index is 704. The molecule has 2 heterocycles. The second-order valence-corrected chi connectivity index (χ2v) is 7.37. The van der Waals surface area contributed by atoms with Crippen LogP contribution in [0.25, 0.3) is 5.65 Å². The van der Waals surface area contributed by atoms with Gasteiger partial charge in [0.05, 0.1) is 18.5 Å². The summed E-state index contributed by atoms with van der Waals surface area (Å²) in [5.74, 6) is 0.222. The zero-order valence-electron chi connectivity index (χ0n) is 11.0. The Morgan fingerprint density at radius 3 is 2.74 bits per heavy atom. The third-order valence-corrected chi connectivity index (χ3v) is 5.55. The van der Waals surface area contributed by atoms with Crippen LogP contribution in [0.2, 0.25) is 0 Å². The van der Waals surface area contributed by atoms with Gasteiger partial charge in [0.2, 0.25) is 0 Å². The Labute approximate surface area is 111 Å². The van der Waals surface area contributed by atoms with Gasteiger partial charge in [0.15, 0.2) is 9.84 Å². The summed E-state index contributed by atoms with van der Waals surface area (Å²) in [6.45, 7) is 2.47. The maximum Gasteiger partial charge on any atom is 0.190 e. The lowest BCUT2D eigenvalue weighted by atomic mass is 10.2. The highest BCUT2D eigenvalue weighted by atomic mass is 32.2. The highest BCUT2D eigenvalue weighted by molar-refractivity contribution is 7.93. The molecule has 7 heteroatoms. The van der Waals surface area contributed by atoms with E-state index in [4.69, 9.17) is 4.74 Å². The molecule has 0 atom stereocenters. The SMILES string of the molecule is COc1cc2nccn2cc1S(=O)(=O)C(C)(C)CO. The highest BCUT2D eigenvalue weighted by Crippen LogP contribution is 2.32. The predicted octanol–water partition coefficient (Wildman–Crippen LogP) is 0.887. The van der Waals surface area contributed by atoms with Crippen molar-refractivity contribution in [1.82, 2.24) is 9.38 Å². The summed E-state index contributed by atoms with van der Waals surface area (Å²) in [5.41, 5.74) is 0.595. The van der Waals surface area contributed by atoms with E-state index in [-0.39, 0.29) is 10.6 Å². The topological polar surface area (TPSA) is 80.9 Å². The van der Waals surface area contributed by atoms with Gasteiger partial charge in [0, 0.05) is 24.7 Å². The minimum absolute atomic E-state index is 0.0413. The molecule has 0 saturated heterocycles. The van der Waals surface area contributed by atoms with Crippen LogP contribution in [0.3, 0.4) is 0 Å². The first-order chi connectivity index (χ1) is 8.83. The van der Waals surface area contributed by atoms with Gasteiger partial charge in [-0.15, -0.1) is 0 Å². The molecule has 19 heavy (non-hydrogen) atoms. The van der Waals surface area contributed by atoms with Crippen LogP contribution in [0.15, 0.2) is 29.6 Å². The summed E-state index contributed by atoms with van der Waals surface area (Å²) in [7, 11) is -2.32. The maximum absolute atomic E-state index is 12.6. The van der Waals surface area contributed by atoms with Crippen molar-refractivity contribution in [2.75, 3.05) is 13.7 Å². The Balaban J connectivity index is 2.73. The summed E-state index contributed by atoms with van der Waals surface area (Å²) in [6, 6.07) is 1.56. The number of hydrogen-bond donors (Lipinski definition) is 1. The van der Waals surface area contributed by atoms with E-state index in [2.05, 4.69) is 4.98 Å². The third kappa shape index (κ3) is 2.08. The molecule has 2 aromatic rings. The first-order valence-electron chi connectivity index (χ1n) is 5.69. The Morgan fingerprint density at radius 1 is 1.47 bits per heavy atom. The second kappa shape index (κ2) is 4.50. The van der Waals surface area contributed by atoms with Gasteiger partial charge in [-0.3, -0.25) is 0 Å². The summed E-state index contributed by atoms with van der Waals surface area (Å²) in [6.07, 6.45) is 4.68. The van der Waals surface area contributed by atoms with Gasteiger partial charge >= 0.3 is 0 Å². The normalized spacial score (nSPS) is 12.8. The Morgan fingerprint density at radius 2 is 2.16 bits per heavy atom. The fourth-order valence-electron chi connectivity index (χ4n) is 1.67. The number of aromatic nitrogens is 2. The Kier molecular flexibility index (Phi) is 3.27. The van der Waals surface area contributed by atoms with Gasteiger partial charge in [-0.05, 0) is 13.8 Å². The lowest BCUT2D eigenvalue weighted by Crippen LogP contribution is -2.36. The molecular weight excluding hydrogens is 268 g/mol. The van der Waals surface area contributed by atoms with E-state index in [9.17, 15) is 13.5 Å². The van der Waals surface area contributed by atoms with Crippen molar-refractivity contribution in [1.29, 1.82) is 0 Å². The molecule has 0 unspecified atom stereocenters. The minimum Gasteiger partial charge on any atom is -0.495 e. The zero-order chi connectivity index (χ0) is 14.3. The van der Waals surface area contributed by atoms with Crippen molar-refractivity contribution in [3.8, 4) is 5.75 Å². The molecule has 0 saturated carbocycles. The molecule has 0 radical (unpaired) electrons. The first-order valence-corrected chi connectivity index (χ1v) is 7.18. The van der Waals surface area contributed by atoms with Crippen molar-refractivity contribution >= 4 is 15.5 Å². The van der Waals surface area contributed by atoms with Gasteiger partial charge in [-0.25, -0.2) is 13.4 Å². The molecule has 0 aliphatic carbocycles. The van der Waals surface area contributed by atoms with Gasteiger partial charge in [-0.2, -0.15) is 0 Å². The van der Waals surface area contributed by atoms with Crippen LogP contribution in [0.1, 0.15) is 13.8 Å². The molecule has 6 nitrogen and oxygen atoms in total. The summed E-state index contributed by atoms with van der Waals surface area (Å²) >= 11 is 0. The average Bonchev–Trinajstić information content (AvgIpc) is 2.83.